The predicted octanol–water partition coefficient (Wildman–Crippen LogP) is 0.747. The molecule has 1 unspecified atom stereocenters. The van der Waals surface area contributed by atoms with Gasteiger partial charge >= 0.3 is 0 Å². The van der Waals surface area contributed by atoms with Gasteiger partial charge in [0, 0.05) is 22.6 Å². The fourth-order valence-corrected chi connectivity index (χ4v) is 4.99. The molecule has 2 amide bonds. The van der Waals surface area contributed by atoms with Crippen LogP contribution in [-0.2, 0) is 25.8 Å². The van der Waals surface area contributed by atoms with Gasteiger partial charge in [-0.1, -0.05) is 11.6 Å². The summed E-state index contributed by atoms with van der Waals surface area (Å²) in [6, 6.07) is 5.68. The number of hydrogen-bond donors (Lipinski definition) is 3. The van der Waals surface area contributed by atoms with Gasteiger partial charge in [-0.05, 0) is 38.0 Å². The lowest BCUT2D eigenvalue weighted by Crippen LogP contribution is -2.42. The van der Waals surface area contributed by atoms with Gasteiger partial charge in [0.2, 0.25) is 11.8 Å². The average molecular weight is 377 g/mol. The molecule has 2 heterocycles. The number of fused-ring (bicyclic) bond motifs is 1. The highest BCUT2D eigenvalue weighted by Gasteiger charge is 2.28. The standard InChI is InChI=1S/C18H23N3O4S/c1-11-3-4-16-15(7-11)14(12(2)20-16)8-17(22)19-9-18(23)21-13-5-6-26(24,25)10-13/h3-4,7,13,20H,5-6,8-10H2,1-2H3,(H,19,22)(H,21,23). The van der Waals surface area contributed by atoms with Crippen molar-refractivity contribution in [3.05, 3.63) is 35.0 Å². The Hall–Kier alpha value is -2.35. The van der Waals surface area contributed by atoms with E-state index in [-0.39, 0.29) is 42.3 Å². The van der Waals surface area contributed by atoms with Crippen molar-refractivity contribution in [2.45, 2.75) is 32.7 Å². The average Bonchev–Trinajstić information content (AvgIpc) is 3.05. The van der Waals surface area contributed by atoms with E-state index in [9.17, 15) is 18.0 Å². The fourth-order valence-electron chi connectivity index (χ4n) is 3.31. The van der Waals surface area contributed by atoms with Crippen LogP contribution < -0.4 is 10.6 Å². The number of aryl methyl sites for hydroxylation is 2. The molecule has 0 aliphatic carbocycles. The highest BCUT2D eigenvalue weighted by atomic mass is 32.2. The highest BCUT2D eigenvalue weighted by molar-refractivity contribution is 7.91. The Morgan fingerprint density at radius 3 is 2.69 bits per heavy atom. The third-order valence-electron chi connectivity index (χ3n) is 4.66. The van der Waals surface area contributed by atoms with E-state index in [0.717, 1.165) is 27.7 Å². The summed E-state index contributed by atoms with van der Waals surface area (Å²) in [7, 11) is -3.04. The third-order valence-corrected chi connectivity index (χ3v) is 6.42. The van der Waals surface area contributed by atoms with Crippen LogP contribution in [0.25, 0.3) is 10.9 Å². The molecule has 1 atom stereocenters. The van der Waals surface area contributed by atoms with Crippen molar-refractivity contribution in [2.75, 3.05) is 18.1 Å². The highest BCUT2D eigenvalue weighted by Crippen LogP contribution is 2.23. The van der Waals surface area contributed by atoms with Gasteiger partial charge in [-0.3, -0.25) is 9.59 Å². The monoisotopic (exact) mass is 377 g/mol. The van der Waals surface area contributed by atoms with Crippen molar-refractivity contribution < 1.29 is 18.0 Å². The third kappa shape index (κ3) is 4.24. The molecule has 1 fully saturated rings. The minimum Gasteiger partial charge on any atom is -0.358 e. The second-order valence-corrected chi connectivity index (χ2v) is 9.13. The zero-order valence-electron chi connectivity index (χ0n) is 14.9. The summed E-state index contributed by atoms with van der Waals surface area (Å²) < 4.78 is 22.8. The van der Waals surface area contributed by atoms with Gasteiger partial charge in [0.25, 0.3) is 0 Å². The van der Waals surface area contributed by atoms with E-state index in [4.69, 9.17) is 0 Å². The first-order valence-corrected chi connectivity index (χ1v) is 10.4. The molecule has 1 aromatic carbocycles. The number of rotatable bonds is 5. The first-order chi connectivity index (χ1) is 12.2. The summed E-state index contributed by atoms with van der Waals surface area (Å²) in [6.07, 6.45) is 0.607. The number of nitrogens with one attached hydrogen (secondary N) is 3. The lowest BCUT2D eigenvalue weighted by atomic mass is 10.1. The molecule has 1 aliphatic heterocycles. The molecular formula is C18H23N3O4S. The van der Waals surface area contributed by atoms with Crippen LogP contribution in [0.3, 0.4) is 0 Å². The Labute approximate surface area is 152 Å². The smallest absolute Gasteiger partial charge is 0.239 e. The molecular weight excluding hydrogens is 354 g/mol. The van der Waals surface area contributed by atoms with Crippen LogP contribution in [0.4, 0.5) is 0 Å². The van der Waals surface area contributed by atoms with Gasteiger partial charge < -0.3 is 15.6 Å². The van der Waals surface area contributed by atoms with Crippen LogP contribution >= 0.6 is 0 Å². The maximum atomic E-state index is 12.2. The van der Waals surface area contributed by atoms with Crippen LogP contribution in [0.5, 0.6) is 0 Å². The number of amides is 2. The maximum Gasteiger partial charge on any atom is 0.239 e. The zero-order chi connectivity index (χ0) is 18.9. The van der Waals surface area contributed by atoms with E-state index in [1.54, 1.807) is 0 Å². The Morgan fingerprint density at radius 2 is 2.00 bits per heavy atom. The number of H-pyrrole nitrogens is 1. The molecule has 1 aliphatic rings. The minimum absolute atomic E-state index is 0.0272. The predicted molar refractivity (Wildman–Crippen MR) is 99.7 cm³/mol. The Balaban J connectivity index is 1.55. The van der Waals surface area contributed by atoms with E-state index >= 15 is 0 Å². The van der Waals surface area contributed by atoms with Gasteiger partial charge in [-0.2, -0.15) is 0 Å². The van der Waals surface area contributed by atoms with Crippen molar-refractivity contribution in [2.24, 2.45) is 0 Å². The van der Waals surface area contributed by atoms with Gasteiger partial charge in [-0.25, -0.2) is 8.42 Å². The summed E-state index contributed by atoms with van der Waals surface area (Å²) in [5, 5.41) is 6.28. The molecule has 1 saturated heterocycles. The Kier molecular flexibility index (Phi) is 5.04. The number of aromatic amines is 1. The molecule has 140 valence electrons. The van der Waals surface area contributed by atoms with Crippen molar-refractivity contribution in [3.8, 4) is 0 Å². The van der Waals surface area contributed by atoms with Gasteiger partial charge in [0.1, 0.15) is 0 Å². The number of aromatic nitrogens is 1. The van der Waals surface area contributed by atoms with Gasteiger partial charge in [0.05, 0.1) is 24.5 Å². The molecule has 2 aromatic rings. The van der Waals surface area contributed by atoms with Gasteiger partial charge in [-0.15, -0.1) is 0 Å². The molecule has 0 spiro atoms. The number of carbonyl (C=O) groups is 2. The maximum absolute atomic E-state index is 12.2. The number of carbonyl (C=O) groups excluding carboxylic acids is 2. The van der Waals surface area contributed by atoms with Crippen molar-refractivity contribution in [1.29, 1.82) is 0 Å². The second kappa shape index (κ2) is 7.11. The normalized spacial score (nSPS) is 18.8. The topological polar surface area (TPSA) is 108 Å². The quantitative estimate of drug-likeness (QED) is 0.714. The number of sulfone groups is 1. The van der Waals surface area contributed by atoms with E-state index in [2.05, 4.69) is 15.6 Å². The number of benzene rings is 1. The van der Waals surface area contributed by atoms with E-state index < -0.39 is 9.84 Å². The first-order valence-electron chi connectivity index (χ1n) is 8.58. The SMILES string of the molecule is Cc1ccc2[nH]c(C)c(CC(=O)NCC(=O)NC3CCS(=O)(=O)C3)c2c1. The molecule has 7 nitrogen and oxygen atoms in total. The second-order valence-electron chi connectivity index (χ2n) is 6.90. The summed E-state index contributed by atoms with van der Waals surface area (Å²) >= 11 is 0. The van der Waals surface area contributed by atoms with E-state index in [1.165, 1.54) is 0 Å². The van der Waals surface area contributed by atoms with Crippen molar-refractivity contribution >= 4 is 32.6 Å². The lowest BCUT2D eigenvalue weighted by Gasteiger charge is -2.11. The summed E-state index contributed by atoms with van der Waals surface area (Å²) in [5.74, 6) is -0.541. The van der Waals surface area contributed by atoms with Crippen molar-refractivity contribution in [1.82, 2.24) is 15.6 Å². The molecule has 3 rings (SSSR count). The lowest BCUT2D eigenvalue weighted by molar-refractivity contribution is -0.126. The summed E-state index contributed by atoms with van der Waals surface area (Å²) in [5.41, 5.74) is 3.95. The molecule has 26 heavy (non-hydrogen) atoms. The Morgan fingerprint density at radius 1 is 1.23 bits per heavy atom. The van der Waals surface area contributed by atoms with Crippen LogP contribution in [-0.4, -0.2) is 49.3 Å². The summed E-state index contributed by atoms with van der Waals surface area (Å²) in [6.45, 7) is 3.76. The summed E-state index contributed by atoms with van der Waals surface area (Å²) in [4.78, 5) is 27.4. The van der Waals surface area contributed by atoms with Crippen LogP contribution in [0.15, 0.2) is 18.2 Å². The molecule has 3 N–H and O–H groups in total. The molecule has 0 bridgehead atoms. The van der Waals surface area contributed by atoms with E-state index in [1.807, 2.05) is 32.0 Å². The van der Waals surface area contributed by atoms with Crippen molar-refractivity contribution in [3.63, 3.8) is 0 Å². The van der Waals surface area contributed by atoms with Gasteiger partial charge in [0.15, 0.2) is 9.84 Å². The Bertz CT molecular complexity index is 962. The fraction of sp³-hybridized carbons (Fsp3) is 0.444. The zero-order valence-corrected chi connectivity index (χ0v) is 15.7. The largest absolute Gasteiger partial charge is 0.358 e. The van der Waals surface area contributed by atoms with Crippen LogP contribution in [0, 0.1) is 13.8 Å². The molecule has 1 aromatic heterocycles. The molecule has 0 saturated carbocycles. The molecule has 0 radical (unpaired) electrons. The number of hydrogen-bond acceptors (Lipinski definition) is 4. The first kappa shape index (κ1) is 18.4. The minimum atomic E-state index is -3.04. The van der Waals surface area contributed by atoms with Crippen LogP contribution in [0.2, 0.25) is 0 Å². The van der Waals surface area contributed by atoms with Crippen LogP contribution in [0.1, 0.15) is 23.2 Å². The molecule has 8 heteroatoms. The van der Waals surface area contributed by atoms with E-state index in [0.29, 0.717) is 6.42 Å².